The van der Waals surface area contributed by atoms with Gasteiger partial charge in [-0.05, 0) is 31.0 Å². The Labute approximate surface area is 145 Å². The van der Waals surface area contributed by atoms with Gasteiger partial charge >= 0.3 is 0 Å². The van der Waals surface area contributed by atoms with E-state index in [-0.39, 0.29) is 11.4 Å². The van der Waals surface area contributed by atoms with Crippen molar-refractivity contribution in [2.75, 3.05) is 6.26 Å². The Balaban J connectivity index is 1.78. The van der Waals surface area contributed by atoms with E-state index in [0.717, 1.165) is 50.0 Å². The van der Waals surface area contributed by atoms with Crippen molar-refractivity contribution in [3.63, 3.8) is 0 Å². The van der Waals surface area contributed by atoms with Crippen molar-refractivity contribution in [1.82, 2.24) is 14.3 Å². The van der Waals surface area contributed by atoms with Crippen molar-refractivity contribution >= 4 is 19.9 Å². The molecule has 0 fully saturated rings. The Hall–Kier alpha value is -1.78. The fourth-order valence-corrected chi connectivity index (χ4v) is 4.50. The van der Waals surface area contributed by atoms with Crippen LogP contribution in [-0.2, 0) is 39.4 Å². The molecular formula is C15H18FN3O4S2. The lowest BCUT2D eigenvalue weighted by Gasteiger charge is -2.11. The third kappa shape index (κ3) is 3.91. The standard InChI is InChI=1S/C15H18FN3O4S2/c1-24(20,21)14-6-5-12(8-13(14)16)25(22,23)17-9-11-10-19-7-3-2-4-15(19)18-11/h5-6,8,10,17H,2-4,7,9H2,1H3. The maximum absolute atomic E-state index is 13.9. The molecule has 0 atom stereocenters. The van der Waals surface area contributed by atoms with Gasteiger partial charge in [-0.2, -0.15) is 0 Å². The van der Waals surface area contributed by atoms with Crippen LogP contribution in [0, 0.1) is 5.82 Å². The van der Waals surface area contributed by atoms with Crippen LogP contribution >= 0.6 is 0 Å². The number of rotatable bonds is 5. The number of hydrogen-bond acceptors (Lipinski definition) is 5. The van der Waals surface area contributed by atoms with E-state index in [1.54, 1.807) is 0 Å². The lowest BCUT2D eigenvalue weighted by atomic mass is 10.2. The van der Waals surface area contributed by atoms with Gasteiger partial charge in [0, 0.05) is 25.4 Å². The molecule has 1 N–H and O–H groups in total. The second-order valence-corrected chi connectivity index (χ2v) is 9.74. The molecule has 1 aromatic heterocycles. The zero-order chi connectivity index (χ0) is 18.2. The lowest BCUT2D eigenvalue weighted by molar-refractivity contribution is 0.522. The number of aromatic nitrogens is 2. The van der Waals surface area contributed by atoms with Gasteiger partial charge in [0.15, 0.2) is 9.84 Å². The molecule has 10 heteroatoms. The zero-order valence-corrected chi connectivity index (χ0v) is 15.2. The summed E-state index contributed by atoms with van der Waals surface area (Å²) in [5.41, 5.74) is 0.591. The van der Waals surface area contributed by atoms with Crippen molar-refractivity contribution in [2.45, 2.75) is 42.1 Å². The third-order valence-corrected chi connectivity index (χ3v) is 6.54. The van der Waals surface area contributed by atoms with E-state index in [0.29, 0.717) is 11.8 Å². The Morgan fingerprint density at radius 1 is 1.24 bits per heavy atom. The molecule has 136 valence electrons. The first kappa shape index (κ1) is 18.0. The monoisotopic (exact) mass is 387 g/mol. The highest BCUT2D eigenvalue weighted by molar-refractivity contribution is 7.90. The van der Waals surface area contributed by atoms with Crippen LogP contribution in [0.3, 0.4) is 0 Å². The maximum Gasteiger partial charge on any atom is 0.241 e. The van der Waals surface area contributed by atoms with Gasteiger partial charge in [-0.1, -0.05) is 0 Å². The summed E-state index contributed by atoms with van der Waals surface area (Å²) in [4.78, 5) is 3.53. The first-order valence-corrected chi connectivity index (χ1v) is 11.1. The minimum absolute atomic E-state index is 0.0161. The van der Waals surface area contributed by atoms with E-state index < -0.39 is 30.6 Å². The number of nitrogens with one attached hydrogen (secondary N) is 1. The van der Waals surface area contributed by atoms with Crippen molar-refractivity contribution in [3.05, 3.63) is 41.7 Å². The van der Waals surface area contributed by atoms with Crippen LogP contribution in [0.2, 0.25) is 0 Å². The Morgan fingerprint density at radius 3 is 2.64 bits per heavy atom. The lowest BCUT2D eigenvalue weighted by Crippen LogP contribution is -2.23. The van der Waals surface area contributed by atoms with Crippen LogP contribution in [0.4, 0.5) is 4.39 Å². The van der Waals surface area contributed by atoms with E-state index in [4.69, 9.17) is 0 Å². The van der Waals surface area contributed by atoms with Crippen LogP contribution in [0.15, 0.2) is 34.2 Å². The number of sulfone groups is 1. The molecule has 0 radical (unpaired) electrons. The second kappa shape index (κ2) is 6.50. The summed E-state index contributed by atoms with van der Waals surface area (Å²) < 4.78 is 65.7. The maximum atomic E-state index is 13.9. The highest BCUT2D eigenvalue weighted by Crippen LogP contribution is 2.19. The SMILES string of the molecule is CS(=O)(=O)c1ccc(S(=O)(=O)NCc2cn3c(n2)CCCC3)cc1F. The number of fused-ring (bicyclic) bond motifs is 1. The van der Waals surface area contributed by atoms with Gasteiger partial charge in [-0.3, -0.25) is 0 Å². The third-order valence-electron chi connectivity index (χ3n) is 4.01. The summed E-state index contributed by atoms with van der Waals surface area (Å²) in [5, 5.41) is 0. The average Bonchev–Trinajstić information content (AvgIpc) is 2.94. The first-order valence-electron chi connectivity index (χ1n) is 7.71. The normalized spacial score (nSPS) is 15.1. The predicted octanol–water partition coefficient (Wildman–Crippen LogP) is 1.24. The number of benzene rings is 1. The fraction of sp³-hybridized carbons (Fsp3) is 0.400. The van der Waals surface area contributed by atoms with E-state index in [9.17, 15) is 21.2 Å². The van der Waals surface area contributed by atoms with Gasteiger partial charge in [0.05, 0.1) is 17.1 Å². The molecule has 2 heterocycles. The quantitative estimate of drug-likeness (QED) is 0.832. The van der Waals surface area contributed by atoms with Crippen molar-refractivity contribution in [2.24, 2.45) is 0 Å². The largest absolute Gasteiger partial charge is 0.335 e. The summed E-state index contributed by atoms with van der Waals surface area (Å²) in [6, 6.07) is 2.73. The Kier molecular flexibility index (Phi) is 4.69. The summed E-state index contributed by atoms with van der Waals surface area (Å²) in [6.07, 6.45) is 5.67. The number of halogens is 1. The molecule has 7 nitrogen and oxygen atoms in total. The molecule has 0 saturated heterocycles. The average molecular weight is 387 g/mol. The molecule has 0 bridgehead atoms. The minimum atomic E-state index is -3.98. The molecule has 2 aromatic rings. The van der Waals surface area contributed by atoms with Crippen LogP contribution in [0.25, 0.3) is 0 Å². The molecule has 0 spiro atoms. The van der Waals surface area contributed by atoms with Gasteiger partial charge in [-0.15, -0.1) is 0 Å². The fourth-order valence-electron chi connectivity index (χ4n) is 2.76. The molecular weight excluding hydrogens is 369 g/mol. The van der Waals surface area contributed by atoms with Crippen LogP contribution < -0.4 is 4.72 Å². The van der Waals surface area contributed by atoms with E-state index in [1.807, 2.05) is 10.8 Å². The zero-order valence-electron chi connectivity index (χ0n) is 13.6. The molecule has 25 heavy (non-hydrogen) atoms. The van der Waals surface area contributed by atoms with Crippen LogP contribution in [0.5, 0.6) is 0 Å². The van der Waals surface area contributed by atoms with Gasteiger partial charge in [0.1, 0.15) is 16.5 Å². The van der Waals surface area contributed by atoms with Gasteiger partial charge in [0.2, 0.25) is 10.0 Å². The number of sulfonamides is 1. The topological polar surface area (TPSA) is 98.1 Å². The molecule has 1 aliphatic rings. The smallest absolute Gasteiger partial charge is 0.241 e. The summed E-state index contributed by atoms with van der Waals surface area (Å²) >= 11 is 0. The molecule has 1 aliphatic heterocycles. The van der Waals surface area contributed by atoms with Gasteiger partial charge < -0.3 is 4.57 Å². The van der Waals surface area contributed by atoms with E-state index >= 15 is 0 Å². The Morgan fingerprint density at radius 2 is 2.00 bits per heavy atom. The molecule has 0 unspecified atom stereocenters. The first-order chi connectivity index (χ1) is 11.7. The molecule has 0 amide bonds. The van der Waals surface area contributed by atoms with Crippen LogP contribution in [-0.4, -0.2) is 32.6 Å². The second-order valence-electron chi connectivity index (χ2n) is 5.99. The molecule has 0 aliphatic carbocycles. The van der Waals surface area contributed by atoms with E-state index in [2.05, 4.69) is 9.71 Å². The van der Waals surface area contributed by atoms with Crippen molar-refractivity contribution in [3.8, 4) is 0 Å². The summed E-state index contributed by atoms with van der Waals surface area (Å²) in [7, 11) is -7.73. The van der Waals surface area contributed by atoms with Gasteiger partial charge in [0.25, 0.3) is 0 Å². The number of hydrogen-bond donors (Lipinski definition) is 1. The predicted molar refractivity (Wildman–Crippen MR) is 88.7 cm³/mol. The number of aryl methyl sites for hydroxylation is 2. The summed E-state index contributed by atoms with van der Waals surface area (Å²) in [5.74, 6) is -0.160. The number of nitrogens with zero attached hydrogens (tertiary/aromatic N) is 2. The molecule has 3 rings (SSSR count). The summed E-state index contributed by atoms with van der Waals surface area (Å²) in [6.45, 7) is 0.852. The van der Waals surface area contributed by atoms with Crippen molar-refractivity contribution in [1.29, 1.82) is 0 Å². The van der Waals surface area contributed by atoms with Crippen LogP contribution in [0.1, 0.15) is 24.4 Å². The minimum Gasteiger partial charge on any atom is -0.335 e. The highest BCUT2D eigenvalue weighted by Gasteiger charge is 2.20. The number of imidazole rings is 1. The molecule has 1 aromatic carbocycles. The Bertz CT molecular complexity index is 990. The molecule has 0 saturated carbocycles. The van der Waals surface area contributed by atoms with E-state index in [1.165, 1.54) is 0 Å². The highest BCUT2D eigenvalue weighted by atomic mass is 32.2. The van der Waals surface area contributed by atoms with Gasteiger partial charge in [-0.25, -0.2) is 30.9 Å². The van der Waals surface area contributed by atoms with Crippen molar-refractivity contribution < 1.29 is 21.2 Å².